The predicted molar refractivity (Wildman–Crippen MR) is 104 cm³/mol. The van der Waals surface area contributed by atoms with Crippen LogP contribution in [0.3, 0.4) is 0 Å². The third kappa shape index (κ3) is 3.86. The lowest BCUT2D eigenvalue weighted by Crippen LogP contribution is -2.46. The van der Waals surface area contributed by atoms with E-state index in [9.17, 15) is 14.9 Å². The molecule has 7 heteroatoms. The number of para-hydroxylation sites is 2. The van der Waals surface area contributed by atoms with Gasteiger partial charge in [-0.1, -0.05) is 12.1 Å². The third-order valence-electron chi connectivity index (χ3n) is 4.77. The number of nitrogens with zero attached hydrogens (tertiary/aromatic N) is 3. The van der Waals surface area contributed by atoms with E-state index in [1.807, 2.05) is 24.3 Å². The smallest absolute Gasteiger partial charge is 0.272 e. The molecule has 0 spiro atoms. The maximum Gasteiger partial charge on any atom is 0.272 e. The zero-order chi connectivity index (χ0) is 19.6. The van der Waals surface area contributed by atoms with Crippen LogP contribution in [0, 0.1) is 17.0 Å². The van der Waals surface area contributed by atoms with Crippen molar-refractivity contribution in [3.8, 4) is 5.75 Å². The van der Waals surface area contributed by atoms with Crippen LogP contribution in [0.15, 0.2) is 42.5 Å². The molecule has 0 aromatic heterocycles. The summed E-state index contributed by atoms with van der Waals surface area (Å²) in [6.07, 6.45) is -0.145. The van der Waals surface area contributed by atoms with Crippen molar-refractivity contribution in [3.63, 3.8) is 0 Å². The monoisotopic (exact) mass is 369 g/mol. The summed E-state index contributed by atoms with van der Waals surface area (Å²) in [5, 5.41) is 10.9. The van der Waals surface area contributed by atoms with Crippen LogP contribution < -0.4 is 9.64 Å². The molecule has 0 saturated carbocycles. The van der Waals surface area contributed by atoms with E-state index in [0.717, 1.165) is 18.0 Å². The Hall–Kier alpha value is -3.09. The van der Waals surface area contributed by atoms with Crippen molar-refractivity contribution in [2.24, 2.45) is 0 Å². The first-order valence-corrected chi connectivity index (χ1v) is 8.91. The van der Waals surface area contributed by atoms with E-state index in [1.165, 1.54) is 12.1 Å². The molecule has 0 unspecified atom stereocenters. The molecule has 0 aliphatic carbocycles. The Morgan fingerprint density at radius 1 is 1.33 bits per heavy atom. The number of rotatable bonds is 5. The Morgan fingerprint density at radius 2 is 2.07 bits per heavy atom. The number of aryl methyl sites for hydroxylation is 1. The van der Waals surface area contributed by atoms with Gasteiger partial charge in [-0.15, -0.1) is 0 Å². The van der Waals surface area contributed by atoms with Crippen molar-refractivity contribution >= 4 is 17.3 Å². The molecule has 1 heterocycles. The number of nitro benzene ring substituents is 1. The number of fused-ring (bicyclic) bond motifs is 1. The lowest BCUT2D eigenvalue weighted by atomic mass is 10.1. The second-order valence-corrected chi connectivity index (χ2v) is 6.69. The SMILES string of the molecule is CCN1C[C@H](CN(C)C(=O)c2ccc([N+](=O)[O-])c(C)c2)Oc2ccccc21. The van der Waals surface area contributed by atoms with Crippen molar-refractivity contribution in [1.82, 2.24) is 4.90 Å². The topological polar surface area (TPSA) is 75.9 Å². The maximum atomic E-state index is 12.7. The summed E-state index contributed by atoms with van der Waals surface area (Å²) < 4.78 is 6.07. The highest BCUT2D eigenvalue weighted by atomic mass is 16.6. The lowest BCUT2D eigenvalue weighted by molar-refractivity contribution is -0.385. The van der Waals surface area contributed by atoms with E-state index >= 15 is 0 Å². The molecule has 142 valence electrons. The van der Waals surface area contributed by atoms with Crippen LogP contribution >= 0.6 is 0 Å². The van der Waals surface area contributed by atoms with Gasteiger partial charge in [-0.05, 0) is 38.1 Å². The lowest BCUT2D eigenvalue weighted by Gasteiger charge is -2.37. The molecule has 1 aliphatic rings. The molecule has 27 heavy (non-hydrogen) atoms. The second-order valence-electron chi connectivity index (χ2n) is 6.69. The summed E-state index contributed by atoms with van der Waals surface area (Å²) in [4.78, 5) is 27.1. The van der Waals surface area contributed by atoms with Gasteiger partial charge in [0.1, 0.15) is 11.9 Å². The molecule has 0 radical (unpaired) electrons. The largest absolute Gasteiger partial charge is 0.485 e. The fraction of sp³-hybridized carbons (Fsp3) is 0.350. The van der Waals surface area contributed by atoms with Gasteiger partial charge in [-0.3, -0.25) is 14.9 Å². The number of benzene rings is 2. The zero-order valence-electron chi connectivity index (χ0n) is 15.7. The first-order chi connectivity index (χ1) is 12.9. The number of ether oxygens (including phenoxy) is 1. The van der Waals surface area contributed by atoms with Crippen molar-refractivity contribution in [2.45, 2.75) is 20.0 Å². The predicted octanol–water partition coefficient (Wildman–Crippen LogP) is 3.26. The highest BCUT2D eigenvalue weighted by Crippen LogP contribution is 2.33. The molecule has 0 saturated heterocycles. The molecule has 2 aromatic carbocycles. The molecule has 1 amide bonds. The third-order valence-corrected chi connectivity index (χ3v) is 4.77. The van der Waals surface area contributed by atoms with E-state index in [2.05, 4.69) is 11.8 Å². The normalized spacial score (nSPS) is 15.7. The van der Waals surface area contributed by atoms with E-state index in [0.29, 0.717) is 24.2 Å². The van der Waals surface area contributed by atoms with E-state index < -0.39 is 4.92 Å². The Kier molecular flexibility index (Phi) is 5.30. The number of anilines is 1. The molecule has 3 rings (SSSR count). The van der Waals surface area contributed by atoms with Gasteiger partial charge in [0.15, 0.2) is 0 Å². The Balaban J connectivity index is 1.72. The Bertz CT molecular complexity index is 868. The van der Waals surface area contributed by atoms with Crippen molar-refractivity contribution in [3.05, 3.63) is 63.7 Å². The average molecular weight is 369 g/mol. The fourth-order valence-electron chi connectivity index (χ4n) is 3.38. The van der Waals surface area contributed by atoms with Crippen LogP contribution in [0.1, 0.15) is 22.8 Å². The molecular formula is C20H23N3O4. The van der Waals surface area contributed by atoms with Crippen LogP contribution in [0.2, 0.25) is 0 Å². The van der Waals surface area contributed by atoms with Gasteiger partial charge in [0.2, 0.25) is 0 Å². The van der Waals surface area contributed by atoms with E-state index in [4.69, 9.17) is 4.74 Å². The number of hydrogen-bond donors (Lipinski definition) is 0. The molecule has 0 bridgehead atoms. The molecule has 7 nitrogen and oxygen atoms in total. The van der Waals surface area contributed by atoms with E-state index in [1.54, 1.807) is 24.9 Å². The van der Waals surface area contributed by atoms with Gasteiger partial charge in [0.05, 0.1) is 23.7 Å². The number of likely N-dealkylation sites (N-methyl/N-ethyl adjacent to an activating group) is 2. The highest BCUT2D eigenvalue weighted by Gasteiger charge is 2.27. The maximum absolute atomic E-state index is 12.7. The minimum Gasteiger partial charge on any atom is -0.485 e. The standard InChI is InChI=1S/C20H23N3O4/c1-4-22-13-16(27-19-8-6-5-7-18(19)22)12-21(3)20(24)15-9-10-17(23(25)26)14(2)11-15/h5-11,16H,4,12-13H2,1-3H3/t16-/m0/s1. The molecule has 1 aliphatic heterocycles. The zero-order valence-corrected chi connectivity index (χ0v) is 15.7. The minimum atomic E-state index is -0.444. The number of carbonyl (C=O) groups excluding carboxylic acids is 1. The summed E-state index contributed by atoms with van der Waals surface area (Å²) in [7, 11) is 1.72. The average Bonchev–Trinajstić information content (AvgIpc) is 2.66. The molecule has 1 atom stereocenters. The van der Waals surface area contributed by atoms with Gasteiger partial charge in [-0.2, -0.15) is 0 Å². The van der Waals surface area contributed by atoms with Crippen molar-refractivity contribution in [2.75, 3.05) is 31.6 Å². The summed E-state index contributed by atoms with van der Waals surface area (Å²) in [6, 6.07) is 12.3. The van der Waals surface area contributed by atoms with Gasteiger partial charge in [0.25, 0.3) is 11.6 Å². The number of carbonyl (C=O) groups is 1. The van der Waals surface area contributed by atoms with Gasteiger partial charge in [0, 0.05) is 30.8 Å². The molecular weight excluding hydrogens is 346 g/mol. The van der Waals surface area contributed by atoms with E-state index in [-0.39, 0.29) is 17.7 Å². The minimum absolute atomic E-state index is 0.0139. The highest BCUT2D eigenvalue weighted by molar-refractivity contribution is 5.94. The Labute approximate surface area is 158 Å². The van der Waals surface area contributed by atoms with Gasteiger partial charge < -0.3 is 14.5 Å². The summed E-state index contributed by atoms with van der Waals surface area (Å²) in [5.41, 5.74) is 1.99. The molecule has 0 fully saturated rings. The summed E-state index contributed by atoms with van der Waals surface area (Å²) in [5.74, 6) is 0.640. The molecule has 0 N–H and O–H groups in total. The number of hydrogen-bond acceptors (Lipinski definition) is 5. The van der Waals surface area contributed by atoms with Crippen molar-refractivity contribution < 1.29 is 14.5 Å². The van der Waals surface area contributed by atoms with Gasteiger partial charge in [-0.25, -0.2) is 0 Å². The van der Waals surface area contributed by atoms with Crippen LogP contribution in [-0.4, -0.2) is 48.5 Å². The summed E-state index contributed by atoms with van der Waals surface area (Å²) in [6.45, 7) is 5.71. The van der Waals surface area contributed by atoms with Gasteiger partial charge >= 0.3 is 0 Å². The Morgan fingerprint density at radius 3 is 2.74 bits per heavy atom. The molecule has 2 aromatic rings. The van der Waals surface area contributed by atoms with Crippen LogP contribution in [0.25, 0.3) is 0 Å². The summed E-state index contributed by atoms with van der Waals surface area (Å²) >= 11 is 0. The second kappa shape index (κ2) is 7.65. The quantitative estimate of drug-likeness (QED) is 0.597. The first-order valence-electron chi connectivity index (χ1n) is 8.91. The van der Waals surface area contributed by atoms with Crippen LogP contribution in [0.5, 0.6) is 5.75 Å². The van der Waals surface area contributed by atoms with Crippen LogP contribution in [0.4, 0.5) is 11.4 Å². The number of amides is 1. The van der Waals surface area contributed by atoms with Crippen LogP contribution in [-0.2, 0) is 0 Å². The fourth-order valence-corrected chi connectivity index (χ4v) is 3.38. The first kappa shape index (κ1) is 18.7. The number of nitro groups is 1. The van der Waals surface area contributed by atoms with Crippen molar-refractivity contribution in [1.29, 1.82) is 0 Å².